The minimum Gasteiger partial charge on any atom is -0.455 e. The summed E-state index contributed by atoms with van der Waals surface area (Å²) in [5.41, 5.74) is 8.69. The van der Waals surface area contributed by atoms with Crippen molar-refractivity contribution in [3.05, 3.63) is 224 Å². The second-order valence-corrected chi connectivity index (χ2v) is 13.6. The van der Waals surface area contributed by atoms with Crippen LogP contribution in [0.1, 0.15) is 44.4 Å². The third-order valence-corrected chi connectivity index (χ3v) is 10.0. The molecule has 2 nitrogen and oxygen atoms in total. The molecule has 9 rings (SSSR count). The Labute approximate surface area is 343 Å². The van der Waals surface area contributed by atoms with E-state index in [0.29, 0.717) is 5.71 Å². The maximum atomic E-state index is 9.26. The maximum absolute atomic E-state index is 9.26. The zero-order valence-corrected chi connectivity index (χ0v) is 34.0. The molecule has 0 aliphatic heterocycles. The van der Waals surface area contributed by atoms with Gasteiger partial charge < -0.3 is 9.83 Å². The van der Waals surface area contributed by atoms with E-state index in [9.17, 15) is 5.41 Å². The number of furan rings is 1. The van der Waals surface area contributed by atoms with Crippen LogP contribution in [0.4, 0.5) is 0 Å². The zero-order valence-electron chi connectivity index (χ0n) is 34.0. The number of hydrogen-bond acceptors (Lipinski definition) is 2. The number of nitrogens with one attached hydrogen (secondary N) is 1. The molecule has 1 heterocycles. The van der Waals surface area contributed by atoms with Gasteiger partial charge in [0.25, 0.3) is 0 Å². The Bertz CT molecular complexity index is 2830. The van der Waals surface area contributed by atoms with Crippen molar-refractivity contribution in [2.24, 2.45) is 0 Å². The van der Waals surface area contributed by atoms with Gasteiger partial charge in [-0.05, 0) is 92.4 Å². The van der Waals surface area contributed by atoms with Crippen LogP contribution in [0.5, 0.6) is 0 Å². The summed E-state index contributed by atoms with van der Waals surface area (Å²) in [5, 5.41) is 18.2. The van der Waals surface area contributed by atoms with Gasteiger partial charge in [-0.25, -0.2) is 0 Å². The molecular weight excluding hydrogens is 703 g/mol. The zero-order chi connectivity index (χ0) is 40.9. The summed E-state index contributed by atoms with van der Waals surface area (Å²) in [7, 11) is 0. The Morgan fingerprint density at radius 2 is 1.16 bits per heavy atom. The molecule has 0 atom stereocenters. The van der Waals surface area contributed by atoms with Crippen LogP contribution >= 0.6 is 0 Å². The fraction of sp³-hybridized carbons (Fsp3) is 0.0893. The van der Waals surface area contributed by atoms with Crippen LogP contribution in [-0.2, 0) is 6.42 Å². The van der Waals surface area contributed by atoms with Gasteiger partial charge in [-0.1, -0.05) is 204 Å². The lowest BCUT2D eigenvalue weighted by atomic mass is 9.86. The van der Waals surface area contributed by atoms with Gasteiger partial charge in [0.2, 0.25) is 0 Å². The van der Waals surface area contributed by atoms with Crippen LogP contribution in [0.3, 0.4) is 0 Å². The first kappa shape index (κ1) is 40.6. The van der Waals surface area contributed by atoms with E-state index < -0.39 is 0 Å². The highest BCUT2D eigenvalue weighted by atomic mass is 16.3. The fourth-order valence-electron chi connectivity index (χ4n) is 7.25. The highest BCUT2D eigenvalue weighted by Gasteiger charge is 2.17. The van der Waals surface area contributed by atoms with E-state index in [4.69, 9.17) is 4.42 Å². The summed E-state index contributed by atoms with van der Waals surface area (Å²) in [6, 6.07) is 56.6. The molecule has 0 aliphatic rings. The Morgan fingerprint density at radius 3 is 1.72 bits per heavy atom. The molecule has 0 aliphatic carbocycles. The molecule has 0 spiro atoms. The summed E-state index contributed by atoms with van der Waals surface area (Å²) in [5.74, 6) is 0. The molecule has 9 aromatic rings. The Kier molecular flexibility index (Phi) is 13.8. The van der Waals surface area contributed by atoms with Gasteiger partial charge in [-0.2, -0.15) is 0 Å². The summed E-state index contributed by atoms with van der Waals surface area (Å²) in [4.78, 5) is 0. The molecule has 8 aromatic carbocycles. The van der Waals surface area contributed by atoms with Crippen LogP contribution in [-0.4, -0.2) is 5.71 Å². The molecule has 0 saturated heterocycles. The molecule has 0 radical (unpaired) electrons. The molecule has 0 amide bonds. The standard InChI is InChI=1S/C41H27NO.C8H10.C5H8.C2H6/c1-26(29-21-22-31-36-23-20-27-11-5-6-14-30(27)41(36)43-38(31)25-29)19-24-37(42)40-34-17-9-7-15-32(34)39(28-12-3-2-4-13-28)33-16-8-10-18-35(33)40;1-2-8-6-4-3-5-7-8;1-3-5-4-2;1-2/h2-25,42H,1H2;3-7H,2H2,1H3;3-5H,1H2,2H3;1-2H3/b24-19-,42-37?;;5-4-;. The Hall–Kier alpha value is -7.03. The largest absolute Gasteiger partial charge is 0.455 e. The van der Waals surface area contributed by atoms with E-state index in [1.54, 1.807) is 6.08 Å². The molecule has 1 N–H and O–H groups in total. The van der Waals surface area contributed by atoms with Crippen molar-refractivity contribution in [3.8, 4) is 11.1 Å². The van der Waals surface area contributed by atoms with Crippen molar-refractivity contribution in [1.29, 1.82) is 5.41 Å². The predicted molar refractivity (Wildman–Crippen MR) is 255 cm³/mol. The molecule has 0 bridgehead atoms. The van der Waals surface area contributed by atoms with Crippen molar-refractivity contribution >= 4 is 65.5 Å². The molecule has 0 unspecified atom stereocenters. The SMILES string of the molecule is C=C(/C=C\C(=N)c1c2ccccc2c(-c2ccccc2)c2ccccc12)c1ccc2c(c1)oc1c3ccccc3ccc21.C=C/C=C\C.CC.CCc1ccccc1. The first-order chi connectivity index (χ1) is 28.5. The lowest BCUT2D eigenvalue weighted by Gasteiger charge is -2.17. The van der Waals surface area contributed by atoms with Gasteiger partial charge >= 0.3 is 0 Å². The molecule has 0 fully saturated rings. The van der Waals surface area contributed by atoms with E-state index in [0.717, 1.165) is 77.4 Å². The highest BCUT2D eigenvalue weighted by Crippen LogP contribution is 2.40. The summed E-state index contributed by atoms with van der Waals surface area (Å²) < 4.78 is 6.39. The molecule has 286 valence electrons. The summed E-state index contributed by atoms with van der Waals surface area (Å²) >= 11 is 0. The predicted octanol–water partition coefficient (Wildman–Crippen LogP) is 16.4. The monoisotopic (exact) mass is 753 g/mol. The van der Waals surface area contributed by atoms with Crippen LogP contribution in [0, 0.1) is 5.41 Å². The lowest BCUT2D eigenvalue weighted by molar-refractivity contribution is 0.672. The summed E-state index contributed by atoms with van der Waals surface area (Å²) in [6.07, 6.45) is 10.5. The Balaban J connectivity index is 0.000000323. The number of aryl methyl sites for hydroxylation is 1. The molecule has 2 heteroatoms. The Morgan fingerprint density at radius 1 is 0.603 bits per heavy atom. The minimum absolute atomic E-state index is 0.449. The van der Waals surface area contributed by atoms with Crippen LogP contribution < -0.4 is 0 Å². The molecule has 58 heavy (non-hydrogen) atoms. The first-order valence-electron chi connectivity index (χ1n) is 20.1. The van der Waals surface area contributed by atoms with E-state index in [1.165, 1.54) is 16.7 Å². The smallest absolute Gasteiger partial charge is 0.143 e. The average molecular weight is 754 g/mol. The van der Waals surface area contributed by atoms with Crippen molar-refractivity contribution in [3.63, 3.8) is 0 Å². The number of allylic oxidation sites excluding steroid dienone is 6. The number of benzene rings is 8. The number of rotatable bonds is 7. The van der Waals surface area contributed by atoms with Crippen molar-refractivity contribution in [2.45, 2.75) is 34.1 Å². The van der Waals surface area contributed by atoms with Gasteiger partial charge in [-0.15, -0.1) is 0 Å². The van der Waals surface area contributed by atoms with Gasteiger partial charge in [0.15, 0.2) is 0 Å². The van der Waals surface area contributed by atoms with Gasteiger partial charge in [0, 0.05) is 21.7 Å². The fourth-order valence-corrected chi connectivity index (χ4v) is 7.25. The highest BCUT2D eigenvalue weighted by molar-refractivity contribution is 6.28. The van der Waals surface area contributed by atoms with Crippen molar-refractivity contribution in [1.82, 2.24) is 0 Å². The third-order valence-electron chi connectivity index (χ3n) is 10.0. The normalized spacial score (nSPS) is 10.9. The lowest BCUT2D eigenvalue weighted by Crippen LogP contribution is -2.00. The van der Waals surface area contributed by atoms with Crippen LogP contribution in [0.2, 0.25) is 0 Å². The minimum atomic E-state index is 0.449. The van der Waals surface area contributed by atoms with Gasteiger partial charge in [0.05, 0.1) is 5.71 Å². The second-order valence-electron chi connectivity index (χ2n) is 13.6. The van der Waals surface area contributed by atoms with Crippen molar-refractivity contribution in [2.75, 3.05) is 0 Å². The van der Waals surface area contributed by atoms with E-state index in [-0.39, 0.29) is 0 Å². The maximum Gasteiger partial charge on any atom is 0.143 e. The molecule has 1 aromatic heterocycles. The third kappa shape index (κ3) is 8.83. The summed E-state index contributed by atoms with van der Waals surface area (Å²) in [6.45, 7) is 15.9. The van der Waals surface area contributed by atoms with Gasteiger partial charge in [0.1, 0.15) is 11.2 Å². The number of fused-ring (bicyclic) bond motifs is 7. The van der Waals surface area contributed by atoms with E-state index in [2.05, 4.69) is 160 Å². The first-order valence-corrected chi connectivity index (χ1v) is 20.1. The van der Waals surface area contributed by atoms with Crippen LogP contribution in [0.25, 0.3) is 71.0 Å². The van der Waals surface area contributed by atoms with E-state index >= 15 is 0 Å². The quantitative estimate of drug-likeness (QED) is 0.0982. The van der Waals surface area contributed by atoms with E-state index in [1.807, 2.05) is 69.3 Å². The van der Waals surface area contributed by atoms with Crippen LogP contribution in [0.15, 0.2) is 212 Å². The molecule has 0 saturated carbocycles. The van der Waals surface area contributed by atoms with Crippen molar-refractivity contribution < 1.29 is 4.42 Å². The topological polar surface area (TPSA) is 37.0 Å². The molecular formula is C56H51NO. The number of hydrogen-bond donors (Lipinski definition) is 1. The second kappa shape index (κ2) is 19.7. The average Bonchev–Trinajstić information content (AvgIpc) is 3.68. The van der Waals surface area contributed by atoms with Gasteiger partial charge in [-0.3, -0.25) is 0 Å².